The number of methoxy groups -OCH3 is 1. The van der Waals surface area contributed by atoms with Gasteiger partial charge in [0.25, 0.3) is 0 Å². The molecule has 0 saturated carbocycles. The predicted molar refractivity (Wildman–Crippen MR) is 234 cm³/mol. The number of hydrogen-bond acceptors (Lipinski definition) is 10. The lowest BCUT2D eigenvalue weighted by atomic mass is 9.98. The zero-order valence-electron chi connectivity index (χ0n) is 35.9. The standard InChI is InChI=1S/C46H56N10O6/c1-23(2)40(53-39(58)22-57)44(59)55-14-6-8-37(55)42-49-29-12-10-25(17-35(29)51-42)31-19-27-16-28-20-32(48-34(28)21-33(27)47-31)26-11-13-30-36(18-26)52-43(50-30)38-9-7-15-56(38)45(60)41(24(3)4)54-46(61)62-5/h10-13,16-18,21,23-24,31-32,37-38,40-41,47-48,57H,6-9,14-15,19-20,22H2,1-5H3,(H,49,51)(H,50,52)(H,53,58)(H,54,61)/t31?,32?,37?,38?,40-,41+/m0/s1. The fourth-order valence-electron chi connectivity index (χ4n) is 9.88. The molecule has 326 valence electrons. The molecule has 5 aromatic rings. The number of fused-ring (bicyclic) bond motifs is 4. The second kappa shape index (κ2) is 16.6. The van der Waals surface area contributed by atoms with Crippen LogP contribution in [0.2, 0.25) is 0 Å². The number of aromatic nitrogens is 4. The van der Waals surface area contributed by atoms with Crippen LogP contribution in [0.3, 0.4) is 0 Å². The number of aromatic amines is 2. The SMILES string of the molecule is COC(=O)N[C@@H](C(=O)N1CCCC1c1nc2ccc(C3Cc4cc5c(cc4N3)NC(c3ccc4nc(C6CCCN6C(=O)[C@@H](NC(=O)CO)C(C)C)[nH]c4c3)C5)cc2[nH]1)C(C)C. The van der Waals surface area contributed by atoms with Crippen molar-refractivity contribution in [2.75, 3.05) is 37.4 Å². The molecule has 4 aliphatic rings. The molecule has 4 amide bonds. The molecule has 0 bridgehead atoms. The number of amides is 4. The number of aliphatic hydroxyl groups excluding tert-OH is 1. The van der Waals surface area contributed by atoms with Gasteiger partial charge in [-0.2, -0.15) is 0 Å². The Kier molecular flexibility index (Phi) is 11.0. The van der Waals surface area contributed by atoms with Gasteiger partial charge in [-0.3, -0.25) is 14.4 Å². The van der Waals surface area contributed by atoms with E-state index in [1.807, 2.05) is 49.6 Å². The van der Waals surface area contributed by atoms with E-state index in [0.29, 0.717) is 13.1 Å². The number of benzene rings is 3. The van der Waals surface area contributed by atoms with E-state index in [1.54, 1.807) is 0 Å². The minimum atomic E-state index is -0.720. The number of anilines is 2. The number of ether oxygens (including phenoxy) is 1. The second-order valence-electron chi connectivity index (χ2n) is 18.0. The van der Waals surface area contributed by atoms with Gasteiger partial charge in [0.2, 0.25) is 17.7 Å². The number of carbonyl (C=O) groups excluding carboxylic acids is 4. The van der Waals surface area contributed by atoms with Crippen LogP contribution in [0.4, 0.5) is 16.2 Å². The fourth-order valence-corrected chi connectivity index (χ4v) is 9.88. The summed E-state index contributed by atoms with van der Waals surface area (Å²) in [4.78, 5) is 71.9. The van der Waals surface area contributed by atoms with Gasteiger partial charge in [-0.25, -0.2) is 14.8 Å². The van der Waals surface area contributed by atoms with E-state index in [-0.39, 0.29) is 47.8 Å². The Hall–Kier alpha value is -6.16. The summed E-state index contributed by atoms with van der Waals surface area (Å²) in [7, 11) is 1.30. The van der Waals surface area contributed by atoms with Crippen LogP contribution < -0.4 is 21.3 Å². The number of nitrogens with one attached hydrogen (secondary N) is 6. The predicted octanol–water partition coefficient (Wildman–Crippen LogP) is 5.70. The Morgan fingerprint density at radius 2 is 1.21 bits per heavy atom. The molecule has 62 heavy (non-hydrogen) atoms. The summed E-state index contributed by atoms with van der Waals surface area (Å²) in [6.45, 7) is 8.12. The summed E-state index contributed by atoms with van der Waals surface area (Å²) in [5.41, 5.74) is 10.6. The molecule has 4 aliphatic heterocycles. The lowest BCUT2D eigenvalue weighted by Crippen LogP contribution is -2.51. The van der Waals surface area contributed by atoms with E-state index in [1.165, 1.54) is 18.2 Å². The normalized spacial score (nSPS) is 21.5. The smallest absolute Gasteiger partial charge is 0.407 e. The minimum Gasteiger partial charge on any atom is -0.453 e. The maximum atomic E-state index is 13.7. The van der Waals surface area contributed by atoms with Crippen LogP contribution in [0.1, 0.15) is 111 Å². The summed E-state index contributed by atoms with van der Waals surface area (Å²) in [5, 5.41) is 22.2. The first-order chi connectivity index (χ1) is 29.9. The zero-order valence-corrected chi connectivity index (χ0v) is 35.9. The average molecular weight is 845 g/mol. The number of imidazole rings is 2. The van der Waals surface area contributed by atoms with E-state index >= 15 is 0 Å². The summed E-state index contributed by atoms with van der Waals surface area (Å²) < 4.78 is 4.79. The minimum absolute atomic E-state index is 0.0920. The first-order valence-electron chi connectivity index (χ1n) is 21.9. The highest BCUT2D eigenvalue weighted by atomic mass is 16.5. The van der Waals surface area contributed by atoms with Crippen molar-refractivity contribution in [1.82, 2.24) is 40.4 Å². The van der Waals surface area contributed by atoms with Gasteiger partial charge in [-0.15, -0.1) is 0 Å². The van der Waals surface area contributed by atoms with Crippen LogP contribution in [0, 0.1) is 11.8 Å². The molecule has 0 radical (unpaired) electrons. The monoisotopic (exact) mass is 844 g/mol. The van der Waals surface area contributed by atoms with Gasteiger partial charge in [-0.05, 0) is 103 Å². The number of alkyl carbamates (subject to hydrolysis) is 1. The number of H-pyrrole nitrogens is 2. The van der Waals surface area contributed by atoms with Gasteiger partial charge in [0.05, 0.1) is 53.3 Å². The Morgan fingerprint density at radius 1 is 0.726 bits per heavy atom. The Bertz CT molecular complexity index is 2340. The van der Waals surface area contributed by atoms with Gasteiger partial charge in [0, 0.05) is 24.5 Å². The molecule has 6 heterocycles. The number of aliphatic hydroxyl groups is 1. The maximum Gasteiger partial charge on any atom is 0.407 e. The van der Waals surface area contributed by atoms with Crippen molar-refractivity contribution in [3.63, 3.8) is 0 Å². The second-order valence-corrected chi connectivity index (χ2v) is 18.0. The summed E-state index contributed by atoms with van der Waals surface area (Å²) in [5.74, 6) is 0.409. The first-order valence-corrected chi connectivity index (χ1v) is 21.9. The van der Waals surface area contributed by atoms with Crippen LogP contribution >= 0.6 is 0 Å². The van der Waals surface area contributed by atoms with E-state index in [9.17, 15) is 24.3 Å². The maximum absolute atomic E-state index is 13.7. The molecule has 3 aromatic carbocycles. The number of rotatable bonds is 11. The highest BCUT2D eigenvalue weighted by Gasteiger charge is 2.39. The highest BCUT2D eigenvalue weighted by Crippen LogP contribution is 2.43. The number of nitrogens with zero attached hydrogens (tertiary/aromatic N) is 4. The van der Waals surface area contributed by atoms with Crippen LogP contribution in [0.5, 0.6) is 0 Å². The lowest BCUT2D eigenvalue weighted by Gasteiger charge is -2.30. The van der Waals surface area contributed by atoms with E-state index in [2.05, 4.69) is 67.6 Å². The van der Waals surface area contributed by atoms with Crippen molar-refractivity contribution >= 4 is 57.3 Å². The van der Waals surface area contributed by atoms with Crippen LogP contribution in [0.25, 0.3) is 22.1 Å². The van der Waals surface area contributed by atoms with Gasteiger partial charge < -0.3 is 50.9 Å². The van der Waals surface area contributed by atoms with E-state index in [0.717, 1.165) is 94.7 Å². The molecule has 7 N–H and O–H groups in total. The van der Waals surface area contributed by atoms with Crippen molar-refractivity contribution in [1.29, 1.82) is 0 Å². The summed E-state index contributed by atoms with van der Waals surface area (Å²) in [6.07, 6.45) is 4.34. The van der Waals surface area contributed by atoms with Crippen molar-refractivity contribution in [2.45, 2.75) is 102 Å². The molecule has 4 unspecified atom stereocenters. The number of carbonyl (C=O) groups is 4. The Morgan fingerprint density at radius 3 is 1.66 bits per heavy atom. The van der Waals surface area contributed by atoms with E-state index in [4.69, 9.17) is 14.7 Å². The van der Waals surface area contributed by atoms with Gasteiger partial charge in [-0.1, -0.05) is 45.9 Å². The third kappa shape index (κ3) is 7.69. The number of hydrogen-bond donors (Lipinski definition) is 7. The fraction of sp³-hybridized carbons (Fsp3) is 0.478. The molecule has 16 nitrogen and oxygen atoms in total. The molecule has 0 spiro atoms. The van der Waals surface area contributed by atoms with Crippen molar-refractivity contribution in [2.24, 2.45) is 11.8 Å². The van der Waals surface area contributed by atoms with Crippen LogP contribution in [-0.4, -0.2) is 97.5 Å². The summed E-state index contributed by atoms with van der Waals surface area (Å²) >= 11 is 0. The molecule has 2 aromatic heterocycles. The lowest BCUT2D eigenvalue weighted by molar-refractivity contribution is -0.139. The van der Waals surface area contributed by atoms with Gasteiger partial charge >= 0.3 is 6.09 Å². The summed E-state index contributed by atoms with van der Waals surface area (Å²) in [6, 6.07) is 15.6. The van der Waals surface area contributed by atoms with E-state index < -0.39 is 30.7 Å². The molecule has 2 saturated heterocycles. The van der Waals surface area contributed by atoms with Gasteiger partial charge in [0.15, 0.2) is 0 Å². The molecular weight excluding hydrogens is 789 g/mol. The third-order valence-electron chi connectivity index (χ3n) is 13.2. The topological polar surface area (TPSA) is 210 Å². The highest BCUT2D eigenvalue weighted by molar-refractivity contribution is 5.89. The zero-order chi connectivity index (χ0) is 43.4. The van der Waals surface area contributed by atoms with Crippen LogP contribution in [-0.2, 0) is 32.0 Å². The molecule has 6 atom stereocenters. The quantitative estimate of drug-likeness (QED) is 0.0863. The van der Waals surface area contributed by atoms with Gasteiger partial charge in [0.1, 0.15) is 30.3 Å². The Labute approximate surface area is 360 Å². The molecule has 0 aliphatic carbocycles. The molecule has 2 fully saturated rings. The number of likely N-dealkylation sites (tertiary alicyclic amines) is 2. The third-order valence-corrected chi connectivity index (χ3v) is 13.2. The van der Waals surface area contributed by atoms with Crippen molar-refractivity contribution in [3.8, 4) is 0 Å². The molecule has 9 rings (SSSR count). The van der Waals surface area contributed by atoms with Crippen molar-refractivity contribution in [3.05, 3.63) is 82.4 Å². The first kappa shape index (κ1) is 41.2. The molecular formula is C46H56N10O6. The Balaban J connectivity index is 0.861. The van der Waals surface area contributed by atoms with Crippen LogP contribution in [0.15, 0.2) is 48.5 Å². The molecule has 16 heteroatoms. The largest absolute Gasteiger partial charge is 0.453 e. The average Bonchev–Trinajstić information content (AvgIpc) is 4.12. The van der Waals surface area contributed by atoms with Crippen molar-refractivity contribution < 1.29 is 29.0 Å².